The Kier molecular flexibility index (Phi) is 4.63. The predicted octanol–water partition coefficient (Wildman–Crippen LogP) is 3.37. The van der Waals surface area contributed by atoms with Gasteiger partial charge in [0.15, 0.2) is 5.03 Å². The molecule has 0 amide bonds. The number of aromatic nitrogens is 1. The fourth-order valence-electron chi connectivity index (χ4n) is 2.41. The minimum atomic E-state index is -3.59. The van der Waals surface area contributed by atoms with Crippen LogP contribution in [0.5, 0.6) is 0 Å². The summed E-state index contributed by atoms with van der Waals surface area (Å²) in [5.41, 5.74) is 0.428. The van der Waals surface area contributed by atoms with Crippen LogP contribution in [0.15, 0.2) is 39.1 Å². The predicted molar refractivity (Wildman–Crippen MR) is 94.0 cm³/mol. The number of sulfonamides is 1. The third kappa shape index (κ3) is 3.66. The van der Waals surface area contributed by atoms with Crippen molar-refractivity contribution in [2.45, 2.75) is 24.5 Å². The van der Waals surface area contributed by atoms with Crippen molar-refractivity contribution in [2.75, 3.05) is 19.7 Å². The minimum absolute atomic E-state index is 0.109. The van der Waals surface area contributed by atoms with Crippen LogP contribution < -0.4 is 0 Å². The molecule has 124 valence electrons. The van der Waals surface area contributed by atoms with Gasteiger partial charge in [0, 0.05) is 28.5 Å². The van der Waals surface area contributed by atoms with Gasteiger partial charge in [-0.15, -0.1) is 11.3 Å². The maximum Gasteiger partial charge on any atom is 0.261 e. The van der Waals surface area contributed by atoms with Gasteiger partial charge in [0.25, 0.3) is 10.0 Å². The zero-order valence-corrected chi connectivity index (χ0v) is 16.0. The molecule has 1 aromatic heterocycles. The SMILES string of the molecule is CC1(C)CN(S(=O)(=O)c2csc(-c3ccc(Br)cc3)n2)CCO1. The van der Waals surface area contributed by atoms with Crippen LogP contribution in [0.25, 0.3) is 10.6 Å². The van der Waals surface area contributed by atoms with Crippen molar-refractivity contribution >= 4 is 37.3 Å². The zero-order chi connectivity index (χ0) is 16.7. The van der Waals surface area contributed by atoms with Crippen LogP contribution in [0.2, 0.25) is 0 Å². The first-order chi connectivity index (χ1) is 10.8. The van der Waals surface area contributed by atoms with Crippen molar-refractivity contribution < 1.29 is 13.2 Å². The van der Waals surface area contributed by atoms with E-state index in [-0.39, 0.29) is 5.03 Å². The lowest BCUT2D eigenvalue weighted by atomic mass is 10.1. The van der Waals surface area contributed by atoms with E-state index in [1.165, 1.54) is 15.6 Å². The maximum absolute atomic E-state index is 12.8. The van der Waals surface area contributed by atoms with E-state index in [2.05, 4.69) is 20.9 Å². The lowest BCUT2D eigenvalue weighted by molar-refractivity contribution is -0.0640. The maximum atomic E-state index is 12.8. The third-order valence-corrected chi connectivity index (χ3v) is 6.87. The van der Waals surface area contributed by atoms with Crippen LogP contribution in [-0.4, -0.2) is 43.0 Å². The van der Waals surface area contributed by atoms with E-state index in [0.717, 1.165) is 10.0 Å². The van der Waals surface area contributed by atoms with Crippen molar-refractivity contribution in [2.24, 2.45) is 0 Å². The molecule has 2 aromatic rings. The molecular weight excluding hydrogens is 400 g/mol. The number of thiazole rings is 1. The Morgan fingerprint density at radius 3 is 2.65 bits per heavy atom. The highest BCUT2D eigenvalue weighted by molar-refractivity contribution is 9.10. The van der Waals surface area contributed by atoms with Gasteiger partial charge in [-0.1, -0.05) is 28.1 Å². The summed E-state index contributed by atoms with van der Waals surface area (Å²) < 4.78 is 33.6. The average Bonchev–Trinajstić information content (AvgIpc) is 2.97. The Balaban J connectivity index is 1.88. The second kappa shape index (κ2) is 6.25. The smallest absolute Gasteiger partial charge is 0.261 e. The van der Waals surface area contributed by atoms with Crippen LogP contribution in [0.4, 0.5) is 0 Å². The first-order valence-corrected chi connectivity index (χ1v) is 10.2. The second-order valence-electron chi connectivity index (χ2n) is 5.94. The van der Waals surface area contributed by atoms with Gasteiger partial charge in [-0.2, -0.15) is 4.31 Å². The number of benzene rings is 1. The molecule has 0 saturated carbocycles. The summed E-state index contributed by atoms with van der Waals surface area (Å²) in [5, 5.41) is 2.41. The van der Waals surface area contributed by atoms with Crippen molar-refractivity contribution in [3.05, 3.63) is 34.1 Å². The fourth-order valence-corrected chi connectivity index (χ4v) is 5.32. The van der Waals surface area contributed by atoms with E-state index in [9.17, 15) is 8.42 Å². The van der Waals surface area contributed by atoms with Gasteiger partial charge in [0.1, 0.15) is 5.01 Å². The van der Waals surface area contributed by atoms with E-state index >= 15 is 0 Å². The molecule has 8 heteroatoms. The summed E-state index contributed by atoms with van der Waals surface area (Å²) in [7, 11) is -3.59. The Morgan fingerprint density at radius 2 is 2.00 bits per heavy atom. The fraction of sp³-hybridized carbons (Fsp3) is 0.400. The van der Waals surface area contributed by atoms with Gasteiger partial charge < -0.3 is 4.74 Å². The molecule has 0 N–H and O–H groups in total. The number of halogens is 1. The normalized spacial score (nSPS) is 18.9. The quantitative estimate of drug-likeness (QED) is 0.769. The van der Waals surface area contributed by atoms with E-state index in [4.69, 9.17) is 4.74 Å². The molecule has 3 rings (SSSR count). The molecule has 1 fully saturated rings. The van der Waals surface area contributed by atoms with Crippen LogP contribution >= 0.6 is 27.3 Å². The monoisotopic (exact) mass is 416 g/mol. The lowest BCUT2D eigenvalue weighted by Crippen LogP contribution is -2.50. The van der Waals surface area contributed by atoms with Crippen LogP contribution in [0, 0.1) is 0 Å². The Labute approximate surface area is 148 Å². The highest BCUT2D eigenvalue weighted by Gasteiger charge is 2.36. The molecule has 1 aliphatic heterocycles. The molecule has 1 aliphatic rings. The lowest BCUT2D eigenvalue weighted by Gasteiger charge is -2.36. The number of hydrogen-bond donors (Lipinski definition) is 0. The summed E-state index contributed by atoms with van der Waals surface area (Å²) in [6.07, 6.45) is 0. The number of rotatable bonds is 3. The van der Waals surface area contributed by atoms with E-state index < -0.39 is 15.6 Å². The molecule has 2 heterocycles. The first-order valence-electron chi connectivity index (χ1n) is 7.13. The molecule has 5 nitrogen and oxygen atoms in total. The molecule has 23 heavy (non-hydrogen) atoms. The molecule has 0 bridgehead atoms. The van der Waals surface area contributed by atoms with Crippen LogP contribution in [0.3, 0.4) is 0 Å². The number of nitrogens with zero attached hydrogens (tertiary/aromatic N) is 2. The van der Waals surface area contributed by atoms with E-state index in [1.54, 1.807) is 5.38 Å². The van der Waals surface area contributed by atoms with Gasteiger partial charge in [0.2, 0.25) is 0 Å². The van der Waals surface area contributed by atoms with E-state index in [0.29, 0.717) is 24.7 Å². The number of hydrogen-bond acceptors (Lipinski definition) is 5. The Morgan fingerprint density at radius 1 is 1.30 bits per heavy atom. The highest BCUT2D eigenvalue weighted by Crippen LogP contribution is 2.29. The van der Waals surface area contributed by atoms with Gasteiger partial charge in [0.05, 0.1) is 12.2 Å². The van der Waals surface area contributed by atoms with Crippen molar-refractivity contribution in [3.8, 4) is 10.6 Å². The van der Waals surface area contributed by atoms with Crippen LogP contribution in [0.1, 0.15) is 13.8 Å². The first kappa shape index (κ1) is 17.0. The average molecular weight is 417 g/mol. The van der Waals surface area contributed by atoms with Gasteiger partial charge in [-0.3, -0.25) is 0 Å². The molecule has 1 aromatic carbocycles. The van der Waals surface area contributed by atoms with Gasteiger partial charge in [-0.05, 0) is 26.0 Å². The molecular formula is C15H17BrN2O3S2. The summed E-state index contributed by atoms with van der Waals surface area (Å²) in [6, 6.07) is 7.65. The van der Waals surface area contributed by atoms with Gasteiger partial charge >= 0.3 is 0 Å². The highest BCUT2D eigenvalue weighted by atomic mass is 79.9. The number of morpholine rings is 1. The Hall–Kier alpha value is -0.800. The second-order valence-corrected chi connectivity index (χ2v) is 9.60. The molecule has 0 atom stereocenters. The molecule has 0 unspecified atom stereocenters. The summed E-state index contributed by atoms with van der Waals surface area (Å²) in [5.74, 6) is 0. The summed E-state index contributed by atoms with van der Waals surface area (Å²) >= 11 is 4.72. The Bertz CT molecular complexity index is 800. The molecule has 0 radical (unpaired) electrons. The minimum Gasteiger partial charge on any atom is -0.373 e. The van der Waals surface area contributed by atoms with Crippen molar-refractivity contribution in [1.29, 1.82) is 0 Å². The van der Waals surface area contributed by atoms with Crippen molar-refractivity contribution in [1.82, 2.24) is 9.29 Å². The summed E-state index contributed by atoms with van der Waals surface area (Å²) in [6.45, 7) is 4.87. The third-order valence-electron chi connectivity index (χ3n) is 3.57. The van der Waals surface area contributed by atoms with Crippen molar-refractivity contribution in [3.63, 3.8) is 0 Å². The van der Waals surface area contributed by atoms with Gasteiger partial charge in [-0.25, -0.2) is 13.4 Å². The largest absolute Gasteiger partial charge is 0.373 e. The molecule has 0 aliphatic carbocycles. The van der Waals surface area contributed by atoms with E-state index in [1.807, 2.05) is 38.1 Å². The zero-order valence-electron chi connectivity index (χ0n) is 12.8. The molecule has 0 spiro atoms. The topological polar surface area (TPSA) is 59.5 Å². The molecule has 1 saturated heterocycles. The standard InChI is InChI=1S/C15H17BrN2O3S2/c1-15(2)10-18(7-8-21-15)23(19,20)13-9-22-14(17-13)11-3-5-12(16)6-4-11/h3-6,9H,7-8,10H2,1-2H3. The van der Waals surface area contributed by atoms with Crippen LogP contribution in [-0.2, 0) is 14.8 Å². The summed E-state index contributed by atoms with van der Waals surface area (Å²) in [4.78, 5) is 4.34. The number of ether oxygens (including phenoxy) is 1.